The van der Waals surface area contributed by atoms with E-state index in [2.05, 4.69) is 119 Å². The summed E-state index contributed by atoms with van der Waals surface area (Å²) >= 11 is 9.14. The van der Waals surface area contributed by atoms with E-state index in [0.717, 1.165) is 27.8 Å². The Morgan fingerprint density at radius 2 is 0.775 bits per heavy atom. The number of esters is 1. The predicted molar refractivity (Wildman–Crippen MR) is 513 cm³/mol. The maximum absolute atomic E-state index is 12.5. The van der Waals surface area contributed by atoms with Crippen LogP contribution in [0.2, 0.25) is 33.2 Å². The molecule has 0 radical (unpaired) electrons. The number of carbonyl (C=O) groups excluding carboxylic acids is 1. The topological polar surface area (TPSA) is 229 Å². The summed E-state index contributed by atoms with van der Waals surface area (Å²) in [5, 5.41) is 0. The Labute approximate surface area is 791 Å². The SMILES string of the molecule is CC(=O)O[C@@]1(COCc2ccccc2)CO[C@@H](O[C@H]2C(OCc3ccccc3)[C@H](O[C@H]3C(C)O[C@@H](O[Si](C(C)C)(C(C)C)C(C)C)[C@H]4OC(C)(C)OC34)OC[C@H]2C)C1C.CC1O[C@@H](O[Si](C(C)C)(C(C)C)C(C)C)[C@H]2OC(C)(C)OC2[C@H]1O[C@@H]1OC[C@@H](C)[C@@H](O[C@@H]2OC[C@]3(COCc4ccccc4)O[C@@H](c4ccccc4)OC23)C1OCc1ccccc1.S=S=S=S=S=S=S. The van der Waals surface area contributed by atoms with Crippen molar-refractivity contribution in [1.29, 1.82) is 0 Å². The van der Waals surface area contributed by atoms with Crippen molar-refractivity contribution in [2.24, 2.45) is 17.8 Å². The first-order valence-corrected chi connectivity index (χ1v) is 58.0. The van der Waals surface area contributed by atoms with Crippen LogP contribution in [0.5, 0.6) is 0 Å². The third-order valence-corrected chi connectivity index (χ3v) is 47.3. The zero-order valence-corrected chi connectivity index (χ0v) is 86.6. The summed E-state index contributed by atoms with van der Waals surface area (Å²) in [6.45, 7) is 49.3. The van der Waals surface area contributed by atoms with Gasteiger partial charge in [0, 0.05) is 91.1 Å². The average Bonchev–Trinajstić information content (AvgIpc) is 1.67. The van der Waals surface area contributed by atoms with E-state index in [1.807, 2.05) is 200 Å². The van der Waals surface area contributed by atoms with E-state index in [9.17, 15) is 4.79 Å². The molecule has 14 rings (SSSR count). The number of benzene rings is 5. The minimum absolute atomic E-state index is 0.109. The molecule has 9 fully saturated rings. The minimum Gasteiger partial charge on any atom is -0.454 e. The number of ether oxygens (including phenoxy) is 21. The molecule has 718 valence electrons. The predicted octanol–water partition coefficient (Wildman–Crippen LogP) is 17.5. The fourth-order valence-electron chi connectivity index (χ4n) is 20.3. The van der Waals surface area contributed by atoms with Crippen molar-refractivity contribution < 1.29 is 113 Å². The van der Waals surface area contributed by atoms with E-state index in [1.165, 1.54) is 24.7 Å². The maximum atomic E-state index is 12.5. The van der Waals surface area contributed by atoms with E-state index >= 15 is 0 Å². The van der Waals surface area contributed by atoms with Gasteiger partial charge in [0.1, 0.15) is 60.5 Å². The zero-order valence-electron chi connectivity index (χ0n) is 78.9. The molecule has 9 saturated heterocycles. The van der Waals surface area contributed by atoms with Crippen LogP contribution >= 0.6 is 0 Å². The van der Waals surface area contributed by atoms with Crippen molar-refractivity contribution in [2.75, 3.05) is 39.6 Å². The highest BCUT2D eigenvalue weighted by molar-refractivity contribution is 8.68. The number of hydrogen-bond donors (Lipinski definition) is 0. The summed E-state index contributed by atoms with van der Waals surface area (Å²) in [6.07, 6.45) is -12.3. The third kappa shape index (κ3) is 25.6. The Kier molecular flexibility index (Phi) is 38.4. The highest BCUT2D eigenvalue weighted by Crippen LogP contribution is 2.52. The van der Waals surface area contributed by atoms with Gasteiger partial charge in [-0.3, -0.25) is 4.79 Å². The molecule has 9 heterocycles. The summed E-state index contributed by atoms with van der Waals surface area (Å²) in [5.41, 5.74) is 5.18. The number of fused-ring (bicyclic) bond motifs is 3. The summed E-state index contributed by atoms with van der Waals surface area (Å²) in [7, 11) is 2.63. The number of rotatable bonds is 34. The van der Waals surface area contributed by atoms with Crippen LogP contribution in [0.15, 0.2) is 152 Å². The van der Waals surface area contributed by atoms with Crippen LogP contribution in [0.4, 0.5) is 0 Å². The van der Waals surface area contributed by atoms with Gasteiger partial charge in [-0.15, -0.1) is 0 Å². The van der Waals surface area contributed by atoms with E-state index in [0.29, 0.717) is 72.9 Å². The van der Waals surface area contributed by atoms with Crippen molar-refractivity contribution >= 4 is 89.4 Å². The molecule has 5 aromatic carbocycles. The van der Waals surface area contributed by atoms with E-state index in [-0.39, 0.29) is 44.2 Å². The van der Waals surface area contributed by atoms with Crippen LogP contribution in [-0.4, -0.2) is 202 Å². The molecule has 129 heavy (non-hydrogen) atoms. The molecule has 5 aromatic rings. The standard InChI is InChI=1S/C50H70O12Si.C46H70O12Si.S7/c1-31(2)63(32(3)4,33(5)6)62-47-43-41(59-49(9,10)60-43)40(35(8)55-47)57-46-42(52-28-37-22-16-12-17-23-37)39(34(7)26-53-46)56-48-44-50(30-54-48,29-51-27-36-20-14-11-15-21-36)61-45(58-44)38-24-18-13-19-25-38;1-28(2)59(29(3)4,30(5)6)58-44-41-39(56-45(11,12)57-41)38(33(9)52-44)54-43-40(49-25-36-21-17-14-18-22-36)37(31(7)23-50-43)53-42-32(8)46(27-51-42,55-34(10)47)26-48-24-35-19-15-13-16-20-35;1-3-5-7-6-4-2/h11-25,31-35,39-48H,26-30H2,1-10H3;13-22,28-33,37-44H,23-27H2,1-12H3;/t34-,35?,39-,40+,41?,42?,43+,44?,45+,46+,47+,48+,50+;31-,32?,33?,37-,38+,39?,40?,41+,42+,43+,44+,46+;/m11./s1. The van der Waals surface area contributed by atoms with E-state index in [4.69, 9.17) is 108 Å². The van der Waals surface area contributed by atoms with Crippen molar-refractivity contribution in [3.63, 3.8) is 0 Å². The van der Waals surface area contributed by atoms with Gasteiger partial charge in [0.15, 0.2) is 61.2 Å². The third-order valence-electron chi connectivity index (χ3n) is 26.3. The second-order valence-electron chi connectivity index (χ2n) is 38.3. The second kappa shape index (κ2) is 47.3. The van der Waals surface area contributed by atoms with Crippen LogP contribution in [0.1, 0.15) is 186 Å². The Hall–Kier alpha value is -3.34. The Bertz CT molecular complexity index is 4450. The highest BCUT2D eigenvalue weighted by Gasteiger charge is 2.65. The number of carbonyl (C=O) groups is 1. The zero-order chi connectivity index (χ0) is 92.8. The van der Waals surface area contributed by atoms with Crippen molar-refractivity contribution in [2.45, 2.75) is 358 Å². The average molecular weight is 1960 g/mol. The van der Waals surface area contributed by atoms with Gasteiger partial charge in [-0.05, 0) is 97.0 Å². The molecule has 0 spiro atoms. The molecule has 9 aliphatic heterocycles. The van der Waals surface area contributed by atoms with Crippen LogP contribution in [0.3, 0.4) is 0 Å². The quantitative estimate of drug-likeness (QED) is 0.0275. The number of hydrogen-bond acceptors (Lipinski definition) is 26. The molecule has 0 N–H and O–H groups in total. The molecule has 8 unspecified atom stereocenters. The van der Waals surface area contributed by atoms with Gasteiger partial charge in [-0.1, -0.05) is 256 Å². The summed E-state index contributed by atoms with van der Waals surface area (Å²) in [6, 6.07) is 50.0. The Morgan fingerprint density at radius 3 is 1.17 bits per heavy atom. The van der Waals surface area contributed by atoms with Crippen LogP contribution in [0, 0.1) is 17.8 Å². The van der Waals surface area contributed by atoms with E-state index in [1.54, 1.807) is 26.6 Å². The molecule has 0 aliphatic carbocycles. The van der Waals surface area contributed by atoms with Crippen LogP contribution in [-0.2, 0) is 206 Å². The second-order valence-corrected chi connectivity index (χ2v) is 57.9. The lowest BCUT2D eigenvalue weighted by molar-refractivity contribution is -0.340. The molecule has 24 nitrogen and oxygen atoms in total. The van der Waals surface area contributed by atoms with Crippen LogP contribution in [0.25, 0.3) is 0 Å². The van der Waals surface area contributed by atoms with Gasteiger partial charge < -0.3 is 108 Å². The smallest absolute Gasteiger partial charge is 0.303 e. The maximum Gasteiger partial charge on any atom is 0.303 e. The van der Waals surface area contributed by atoms with Crippen molar-refractivity contribution in [1.82, 2.24) is 0 Å². The summed E-state index contributed by atoms with van der Waals surface area (Å²) < 4.78 is 154. The fraction of sp³-hybridized carbons (Fsp3) is 0.677. The van der Waals surface area contributed by atoms with Crippen molar-refractivity contribution in [3.05, 3.63) is 179 Å². The normalized spacial score (nSPS) is 33.5. The molecule has 33 heteroatoms. The first-order valence-electron chi connectivity index (χ1n) is 45.7. The monoisotopic (exact) mass is 1960 g/mol. The van der Waals surface area contributed by atoms with Crippen molar-refractivity contribution in [3.8, 4) is 0 Å². The molecule has 0 aromatic heterocycles. The fourth-order valence-corrected chi connectivity index (χ4v) is 39.4. The summed E-state index contributed by atoms with van der Waals surface area (Å²) in [4.78, 5) is 12.5. The van der Waals surface area contributed by atoms with Gasteiger partial charge in [0.2, 0.25) is 16.6 Å². The van der Waals surface area contributed by atoms with Gasteiger partial charge in [-0.2, -0.15) is 0 Å². The molecule has 0 amide bonds. The lowest BCUT2D eigenvalue weighted by Crippen LogP contribution is -2.63. The molecule has 25 atom stereocenters. The molecule has 0 bridgehead atoms. The Balaban J connectivity index is 0.000000218. The molecular formula is C96H140O24S7Si2. The lowest BCUT2D eigenvalue weighted by atomic mass is 9.91. The van der Waals surface area contributed by atoms with E-state index < -0.39 is 169 Å². The lowest BCUT2D eigenvalue weighted by Gasteiger charge is -2.50. The highest BCUT2D eigenvalue weighted by atomic mass is 33.4. The molecular weight excluding hydrogens is 1820 g/mol. The molecule has 9 aliphatic rings. The van der Waals surface area contributed by atoms with Gasteiger partial charge in [0.05, 0.1) is 96.4 Å². The Morgan fingerprint density at radius 1 is 0.411 bits per heavy atom. The largest absolute Gasteiger partial charge is 0.454 e. The first-order chi connectivity index (χ1) is 61.6. The van der Waals surface area contributed by atoms with Gasteiger partial charge >= 0.3 is 5.97 Å². The first kappa shape index (κ1) is 105. The van der Waals surface area contributed by atoms with Gasteiger partial charge in [-0.25, -0.2) is 0 Å². The van der Waals surface area contributed by atoms with Crippen LogP contribution < -0.4 is 0 Å². The van der Waals surface area contributed by atoms with Gasteiger partial charge in [0.25, 0.3) is 0 Å². The summed E-state index contributed by atoms with van der Waals surface area (Å²) in [5.74, 6) is -2.79. The minimum atomic E-state index is -2.37. The molecule has 0 saturated carbocycles.